The van der Waals surface area contributed by atoms with Crippen LogP contribution in [-0.4, -0.2) is 54.1 Å². The summed E-state index contributed by atoms with van der Waals surface area (Å²) in [7, 11) is 1.63. The number of carbonyl (C=O) groups is 2. The molecule has 0 aromatic carbocycles. The van der Waals surface area contributed by atoms with E-state index in [0.29, 0.717) is 6.54 Å². The van der Waals surface area contributed by atoms with Gasteiger partial charge in [0.2, 0.25) is 0 Å². The largest absolute Gasteiger partial charge is 0.479 e. The van der Waals surface area contributed by atoms with Gasteiger partial charge in [-0.1, -0.05) is 0 Å². The highest BCUT2D eigenvalue weighted by Crippen LogP contribution is 2.34. The summed E-state index contributed by atoms with van der Waals surface area (Å²) in [6.07, 6.45) is 1.51. The summed E-state index contributed by atoms with van der Waals surface area (Å²) in [5.74, 6) is -1.29. The van der Waals surface area contributed by atoms with E-state index in [0.717, 1.165) is 19.3 Å². The lowest BCUT2D eigenvalue weighted by molar-refractivity contribution is -0.146. The van der Waals surface area contributed by atoms with Crippen molar-refractivity contribution in [2.75, 3.05) is 20.2 Å². The van der Waals surface area contributed by atoms with Crippen LogP contribution in [0, 0.1) is 0 Å². The number of methoxy groups -OCH3 is 1. The average molecular weight is 260 g/mol. The van der Waals surface area contributed by atoms with Crippen LogP contribution in [0.15, 0.2) is 0 Å². The molecule has 0 radical (unpaired) electrons. The smallest absolute Gasteiger partial charge is 0.332 e. The van der Waals surface area contributed by atoms with Crippen LogP contribution in [0.2, 0.25) is 0 Å². The Morgan fingerprint density at radius 3 is 2.50 bits per heavy atom. The number of nitrogens with one attached hydrogen (secondary N) is 2. The predicted octanol–water partition coefficient (Wildman–Crippen LogP) is -0.310. The van der Waals surface area contributed by atoms with E-state index < -0.39 is 12.1 Å². The van der Waals surface area contributed by atoms with Crippen molar-refractivity contribution in [3.63, 3.8) is 0 Å². The van der Waals surface area contributed by atoms with E-state index in [1.165, 1.54) is 0 Å². The van der Waals surface area contributed by atoms with E-state index in [1.807, 2.05) is 0 Å². The zero-order valence-corrected chi connectivity index (χ0v) is 10.4. The molecule has 7 nitrogen and oxygen atoms in total. The second-order valence-corrected chi connectivity index (χ2v) is 4.49. The Morgan fingerprint density at radius 2 is 2.06 bits per heavy atom. The number of amides is 2. The lowest BCUT2D eigenvalue weighted by Gasteiger charge is -2.40. The van der Waals surface area contributed by atoms with Crippen LogP contribution in [0.3, 0.4) is 0 Å². The summed E-state index contributed by atoms with van der Waals surface area (Å²) >= 11 is 0. The lowest BCUT2D eigenvalue weighted by Crippen LogP contribution is -2.51. The first-order chi connectivity index (χ1) is 8.49. The van der Waals surface area contributed by atoms with Crippen molar-refractivity contribution in [1.29, 1.82) is 0 Å². The van der Waals surface area contributed by atoms with E-state index >= 15 is 0 Å². The Kier molecular flexibility index (Phi) is 5.36. The highest BCUT2D eigenvalue weighted by molar-refractivity contribution is 5.74. The maximum absolute atomic E-state index is 11.4. The molecule has 0 saturated heterocycles. The first-order valence-corrected chi connectivity index (χ1v) is 5.97. The summed E-state index contributed by atoms with van der Waals surface area (Å²) in [6, 6.07) is -0.379. The zero-order chi connectivity index (χ0) is 13.6. The lowest BCUT2D eigenvalue weighted by atomic mass is 9.80. The molecule has 1 aliphatic rings. The molecule has 0 bridgehead atoms. The van der Waals surface area contributed by atoms with E-state index in [2.05, 4.69) is 10.6 Å². The number of ether oxygens (including phenoxy) is 1. The second-order valence-electron chi connectivity index (χ2n) is 4.49. The van der Waals surface area contributed by atoms with Crippen molar-refractivity contribution in [2.45, 2.75) is 37.4 Å². The van der Waals surface area contributed by atoms with Gasteiger partial charge in [-0.2, -0.15) is 0 Å². The van der Waals surface area contributed by atoms with Crippen LogP contribution in [-0.2, 0) is 9.53 Å². The third-order valence-electron chi connectivity index (χ3n) is 3.26. The van der Waals surface area contributed by atoms with Crippen LogP contribution in [0.4, 0.5) is 4.79 Å². The first-order valence-electron chi connectivity index (χ1n) is 5.97. The molecule has 18 heavy (non-hydrogen) atoms. The number of aliphatic carboxylic acids is 1. The molecule has 1 unspecified atom stereocenters. The van der Waals surface area contributed by atoms with Crippen molar-refractivity contribution in [3.8, 4) is 0 Å². The highest BCUT2D eigenvalue weighted by atomic mass is 16.5. The van der Waals surface area contributed by atoms with Crippen molar-refractivity contribution in [3.05, 3.63) is 0 Å². The fourth-order valence-electron chi connectivity index (χ4n) is 1.77. The summed E-state index contributed by atoms with van der Waals surface area (Å²) in [6.45, 7) is 0.552. The molecule has 4 N–H and O–H groups in total. The van der Waals surface area contributed by atoms with E-state index in [9.17, 15) is 9.59 Å². The number of carboxylic acid groups (broad SMARTS) is 1. The second kappa shape index (κ2) is 6.55. The number of hydrogen-bond donors (Lipinski definition) is 4. The number of carboxylic acids is 1. The summed E-state index contributed by atoms with van der Waals surface area (Å²) in [4.78, 5) is 21.7. The molecule has 7 heteroatoms. The number of aliphatic hydroxyl groups is 1. The zero-order valence-electron chi connectivity index (χ0n) is 10.4. The van der Waals surface area contributed by atoms with Gasteiger partial charge < -0.3 is 25.6 Å². The molecule has 1 aliphatic carbocycles. The van der Waals surface area contributed by atoms with Crippen molar-refractivity contribution >= 4 is 12.0 Å². The number of carbonyl (C=O) groups excluding carboxylic acids is 1. The topological polar surface area (TPSA) is 108 Å². The summed E-state index contributed by atoms with van der Waals surface area (Å²) in [5.41, 5.74) is -0.238. The highest BCUT2D eigenvalue weighted by Gasteiger charge is 2.37. The third-order valence-corrected chi connectivity index (χ3v) is 3.26. The molecule has 1 rings (SSSR count). The van der Waals surface area contributed by atoms with Gasteiger partial charge >= 0.3 is 12.0 Å². The Labute approximate surface area is 106 Å². The van der Waals surface area contributed by atoms with Crippen LogP contribution in [0.1, 0.15) is 25.7 Å². The van der Waals surface area contributed by atoms with Gasteiger partial charge in [-0.15, -0.1) is 0 Å². The minimum atomic E-state index is -1.44. The Bertz CT molecular complexity index is 298. The maximum Gasteiger partial charge on any atom is 0.332 e. The molecular formula is C11H20N2O5. The molecule has 0 aromatic heterocycles. The predicted molar refractivity (Wildman–Crippen MR) is 63.3 cm³/mol. The fourth-order valence-corrected chi connectivity index (χ4v) is 1.77. The van der Waals surface area contributed by atoms with Crippen LogP contribution < -0.4 is 10.6 Å². The van der Waals surface area contributed by atoms with Gasteiger partial charge in [-0.05, 0) is 19.3 Å². The first kappa shape index (κ1) is 14.7. The van der Waals surface area contributed by atoms with Gasteiger partial charge in [-0.25, -0.2) is 9.59 Å². The number of hydrogen-bond acceptors (Lipinski definition) is 4. The molecule has 0 spiro atoms. The van der Waals surface area contributed by atoms with Crippen LogP contribution >= 0.6 is 0 Å². The number of urea groups is 1. The molecule has 104 valence electrons. The fraction of sp³-hybridized carbons (Fsp3) is 0.818. The molecule has 0 aromatic rings. The minimum Gasteiger partial charge on any atom is -0.479 e. The van der Waals surface area contributed by atoms with Crippen LogP contribution in [0.5, 0.6) is 0 Å². The Morgan fingerprint density at radius 1 is 1.39 bits per heavy atom. The van der Waals surface area contributed by atoms with Gasteiger partial charge in [0.1, 0.15) is 0 Å². The summed E-state index contributed by atoms with van der Waals surface area (Å²) < 4.78 is 5.34. The normalized spacial score (nSPS) is 18.6. The molecule has 0 aliphatic heterocycles. The van der Waals surface area contributed by atoms with Crippen molar-refractivity contribution < 1.29 is 24.5 Å². The monoisotopic (exact) mass is 260 g/mol. The third kappa shape index (κ3) is 4.15. The van der Waals surface area contributed by atoms with Crippen molar-refractivity contribution in [1.82, 2.24) is 10.6 Å². The standard InChI is InChI=1S/C11H20N2O5/c1-18-11(4-2-5-11)7-13-10(17)12-6-3-8(14)9(15)16/h8,14H,2-7H2,1H3,(H,15,16)(H2,12,13,17). The average Bonchev–Trinajstić information content (AvgIpc) is 2.28. The van der Waals surface area contributed by atoms with Crippen LogP contribution in [0.25, 0.3) is 0 Å². The molecule has 1 atom stereocenters. The summed E-state index contributed by atoms with van der Waals surface area (Å²) in [5, 5.41) is 22.6. The van der Waals surface area contributed by atoms with Gasteiger partial charge in [-0.3, -0.25) is 0 Å². The SMILES string of the molecule is COC1(CNC(=O)NCCC(O)C(=O)O)CCC1. The Hall–Kier alpha value is -1.34. The van der Waals surface area contributed by atoms with Gasteiger partial charge in [0.05, 0.1) is 5.60 Å². The van der Waals surface area contributed by atoms with Gasteiger partial charge in [0, 0.05) is 26.6 Å². The number of aliphatic hydroxyl groups excluding tert-OH is 1. The molecule has 1 saturated carbocycles. The quantitative estimate of drug-likeness (QED) is 0.502. The molecule has 1 fully saturated rings. The van der Waals surface area contributed by atoms with Crippen molar-refractivity contribution in [2.24, 2.45) is 0 Å². The van der Waals surface area contributed by atoms with E-state index in [1.54, 1.807) is 7.11 Å². The van der Waals surface area contributed by atoms with E-state index in [-0.39, 0.29) is 24.6 Å². The molecule has 0 heterocycles. The minimum absolute atomic E-state index is 0.0157. The van der Waals surface area contributed by atoms with E-state index in [4.69, 9.17) is 14.9 Å². The van der Waals surface area contributed by atoms with Gasteiger partial charge in [0.25, 0.3) is 0 Å². The Balaban J connectivity index is 2.12. The number of rotatable bonds is 7. The molecular weight excluding hydrogens is 240 g/mol. The molecule has 2 amide bonds. The van der Waals surface area contributed by atoms with Gasteiger partial charge in [0.15, 0.2) is 6.10 Å². The maximum atomic E-state index is 11.4.